The number of aromatic nitrogens is 2. The maximum absolute atomic E-state index is 12.4. The summed E-state index contributed by atoms with van der Waals surface area (Å²) in [4.78, 5) is 4.17. The summed E-state index contributed by atoms with van der Waals surface area (Å²) >= 11 is 0.921. The van der Waals surface area contributed by atoms with Crippen molar-refractivity contribution in [2.45, 2.75) is 10.1 Å². The minimum Gasteiger partial charge on any atom is -0.221 e. The molecule has 0 radical (unpaired) electrons. The second kappa shape index (κ2) is 5.75. The van der Waals surface area contributed by atoms with Crippen LogP contribution < -0.4 is 0 Å². The fourth-order valence-corrected chi connectivity index (χ4v) is 4.06. The summed E-state index contributed by atoms with van der Waals surface area (Å²) in [6, 6.07) is 18.4. The molecule has 0 spiro atoms. The number of hydrogen-bond acceptors (Lipinski definition) is 5. The van der Waals surface area contributed by atoms with Gasteiger partial charge in [0, 0.05) is 5.56 Å². The molecule has 0 saturated carbocycles. The molecule has 3 aromatic rings. The average Bonchev–Trinajstić information content (AvgIpc) is 2.99. The standard InChI is InChI=1S/C15H12N2O2S2/c18-21(19,11-12-7-3-1-4-8-12)15-16-14(17-20-15)13-9-5-2-6-10-13/h1-10H,11H2. The zero-order chi connectivity index (χ0) is 14.7. The number of hydrogen-bond donors (Lipinski definition) is 0. The molecule has 1 heterocycles. The Hall–Kier alpha value is -2.05. The van der Waals surface area contributed by atoms with Crippen LogP contribution in [0.15, 0.2) is 65.0 Å². The molecule has 0 N–H and O–H groups in total. The van der Waals surface area contributed by atoms with Crippen LogP contribution in [0, 0.1) is 0 Å². The number of benzene rings is 2. The molecule has 2 aromatic carbocycles. The summed E-state index contributed by atoms with van der Waals surface area (Å²) in [5.74, 6) is 0.393. The molecule has 0 unspecified atom stereocenters. The van der Waals surface area contributed by atoms with Crippen LogP contribution >= 0.6 is 11.5 Å². The van der Waals surface area contributed by atoms with E-state index in [4.69, 9.17) is 0 Å². The Bertz CT molecular complexity index is 828. The Balaban J connectivity index is 1.89. The number of nitrogens with zero attached hydrogens (tertiary/aromatic N) is 2. The number of sulfone groups is 1. The van der Waals surface area contributed by atoms with Crippen molar-refractivity contribution in [3.63, 3.8) is 0 Å². The smallest absolute Gasteiger partial charge is 0.221 e. The predicted molar refractivity (Wildman–Crippen MR) is 82.7 cm³/mol. The van der Waals surface area contributed by atoms with Gasteiger partial charge in [-0.15, -0.1) is 0 Å². The van der Waals surface area contributed by atoms with Crippen molar-refractivity contribution in [1.29, 1.82) is 0 Å². The predicted octanol–water partition coefficient (Wildman–Crippen LogP) is 3.18. The van der Waals surface area contributed by atoms with E-state index in [0.717, 1.165) is 22.7 Å². The van der Waals surface area contributed by atoms with Crippen molar-refractivity contribution in [2.75, 3.05) is 0 Å². The van der Waals surface area contributed by atoms with Gasteiger partial charge in [-0.2, -0.15) is 4.37 Å². The van der Waals surface area contributed by atoms with E-state index in [-0.39, 0.29) is 10.1 Å². The lowest BCUT2D eigenvalue weighted by Gasteiger charge is -2.00. The van der Waals surface area contributed by atoms with Gasteiger partial charge in [0.2, 0.25) is 14.2 Å². The third-order valence-electron chi connectivity index (χ3n) is 2.90. The molecule has 0 aliphatic heterocycles. The zero-order valence-electron chi connectivity index (χ0n) is 11.0. The first-order chi connectivity index (χ1) is 10.1. The summed E-state index contributed by atoms with van der Waals surface area (Å²) < 4.78 is 28.9. The molecule has 0 fully saturated rings. The molecule has 1 aromatic heterocycles. The second-order valence-electron chi connectivity index (χ2n) is 4.49. The highest BCUT2D eigenvalue weighted by Gasteiger charge is 2.21. The molecular formula is C15H12N2O2S2. The van der Waals surface area contributed by atoms with Crippen LogP contribution in [0.5, 0.6) is 0 Å². The first kappa shape index (κ1) is 13.9. The highest BCUT2D eigenvalue weighted by molar-refractivity contribution is 7.92. The van der Waals surface area contributed by atoms with Crippen molar-refractivity contribution >= 4 is 21.4 Å². The van der Waals surface area contributed by atoms with Crippen LogP contribution in [0.2, 0.25) is 0 Å². The van der Waals surface area contributed by atoms with E-state index in [0.29, 0.717) is 5.82 Å². The van der Waals surface area contributed by atoms with Gasteiger partial charge in [-0.1, -0.05) is 60.7 Å². The Kier molecular flexibility index (Phi) is 3.81. The van der Waals surface area contributed by atoms with E-state index in [1.807, 2.05) is 48.5 Å². The van der Waals surface area contributed by atoms with E-state index in [2.05, 4.69) is 9.36 Å². The van der Waals surface area contributed by atoms with Crippen molar-refractivity contribution in [3.05, 3.63) is 66.2 Å². The Labute approximate surface area is 127 Å². The monoisotopic (exact) mass is 316 g/mol. The summed E-state index contributed by atoms with van der Waals surface area (Å²) in [6.45, 7) is 0. The Morgan fingerprint density at radius 1 is 0.905 bits per heavy atom. The van der Waals surface area contributed by atoms with Gasteiger partial charge in [0.25, 0.3) is 0 Å². The second-order valence-corrected chi connectivity index (χ2v) is 7.41. The van der Waals surface area contributed by atoms with Gasteiger partial charge < -0.3 is 0 Å². The summed E-state index contributed by atoms with van der Waals surface area (Å²) in [6.07, 6.45) is 0. The van der Waals surface area contributed by atoms with Gasteiger partial charge in [0.05, 0.1) is 5.75 Å². The molecule has 0 amide bonds. The lowest BCUT2D eigenvalue weighted by molar-refractivity contribution is 0.594. The molecule has 6 heteroatoms. The molecule has 0 bridgehead atoms. The van der Waals surface area contributed by atoms with Crippen molar-refractivity contribution in [3.8, 4) is 11.4 Å². The van der Waals surface area contributed by atoms with E-state index in [9.17, 15) is 8.42 Å². The Morgan fingerprint density at radius 3 is 2.19 bits per heavy atom. The van der Waals surface area contributed by atoms with Gasteiger partial charge in [0.15, 0.2) is 5.82 Å². The third-order valence-corrected chi connectivity index (χ3v) is 5.74. The summed E-state index contributed by atoms with van der Waals surface area (Å²) in [5.41, 5.74) is 1.56. The maximum Gasteiger partial charge on any atom is 0.229 e. The first-order valence-electron chi connectivity index (χ1n) is 6.31. The van der Waals surface area contributed by atoms with Crippen LogP contribution in [0.4, 0.5) is 0 Å². The molecule has 0 saturated heterocycles. The van der Waals surface area contributed by atoms with Gasteiger partial charge in [0.1, 0.15) is 0 Å². The van der Waals surface area contributed by atoms with E-state index >= 15 is 0 Å². The van der Waals surface area contributed by atoms with E-state index in [1.165, 1.54) is 0 Å². The summed E-state index contributed by atoms with van der Waals surface area (Å²) in [7, 11) is -3.46. The van der Waals surface area contributed by atoms with Crippen molar-refractivity contribution < 1.29 is 8.42 Å². The molecule has 4 nitrogen and oxygen atoms in total. The van der Waals surface area contributed by atoms with Crippen LogP contribution in [0.3, 0.4) is 0 Å². The molecular weight excluding hydrogens is 304 g/mol. The van der Waals surface area contributed by atoms with E-state index < -0.39 is 9.84 Å². The van der Waals surface area contributed by atoms with Crippen molar-refractivity contribution in [2.24, 2.45) is 0 Å². The highest BCUT2D eigenvalue weighted by Crippen LogP contribution is 2.23. The van der Waals surface area contributed by atoms with Gasteiger partial charge >= 0.3 is 0 Å². The van der Waals surface area contributed by atoms with Crippen LogP contribution in [-0.4, -0.2) is 17.8 Å². The first-order valence-corrected chi connectivity index (χ1v) is 8.73. The fourth-order valence-electron chi connectivity index (χ4n) is 1.90. The van der Waals surface area contributed by atoms with Gasteiger partial charge in [-0.3, -0.25) is 0 Å². The SMILES string of the molecule is O=S(=O)(Cc1ccccc1)c1nc(-c2ccccc2)ns1. The van der Waals surface area contributed by atoms with E-state index in [1.54, 1.807) is 12.1 Å². The van der Waals surface area contributed by atoms with Gasteiger partial charge in [-0.25, -0.2) is 13.4 Å². The molecule has 0 aliphatic rings. The topological polar surface area (TPSA) is 59.9 Å². The van der Waals surface area contributed by atoms with Crippen molar-refractivity contribution in [1.82, 2.24) is 9.36 Å². The lowest BCUT2D eigenvalue weighted by Crippen LogP contribution is -2.04. The zero-order valence-corrected chi connectivity index (χ0v) is 12.6. The lowest BCUT2D eigenvalue weighted by atomic mass is 10.2. The normalized spacial score (nSPS) is 11.4. The molecule has 21 heavy (non-hydrogen) atoms. The fraction of sp³-hybridized carbons (Fsp3) is 0.0667. The molecule has 0 aliphatic carbocycles. The quantitative estimate of drug-likeness (QED) is 0.742. The van der Waals surface area contributed by atoms with Crippen LogP contribution in [-0.2, 0) is 15.6 Å². The number of rotatable bonds is 4. The van der Waals surface area contributed by atoms with Gasteiger partial charge in [-0.05, 0) is 17.1 Å². The minimum absolute atomic E-state index is 0.0583. The average molecular weight is 316 g/mol. The summed E-state index contributed by atoms with van der Waals surface area (Å²) in [5, 5.41) is 0. The van der Waals surface area contributed by atoms with Crippen LogP contribution in [0.1, 0.15) is 5.56 Å². The van der Waals surface area contributed by atoms with Crippen LogP contribution in [0.25, 0.3) is 11.4 Å². The maximum atomic E-state index is 12.4. The molecule has 0 atom stereocenters. The third kappa shape index (κ3) is 3.17. The largest absolute Gasteiger partial charge is 0.229 e. The molecule has 3 rings (SSSR count). The minimum atomic E-state index is -3.46. The Morgan fingerprint density at radius 2 is 1.52 bits per heavy atom. The highest BCUT2D eigenvalue weighted by atomic mass is 32.2. The molecule has 106 valence electrons.